The molecule has 0 bridgehead atoms. The third-order valence-corrected chi connectivity index (χ3v) is 4.99. The number of hydrogen-bond acceptors (Lipinski definition) is 4. The second kappa shape index (κ2) is 4.85. The zero-order valence-electron chi connectivity index (χ0n) is 10.7. The van der Waals surface area contributed by atoms with Crippen LogP contribution in [-0.4, -0.2) is 41.3 Å². The maximum Gasteiger partial charge on any atom is 0.226 e. The first-order valence-electron chi connectivity index (χ1n) is 6.27. The summed E-state index contributed by atoms with van der Waals surface area (Å²) in [5, 5.41) is 2.91. The zero-order valence-corrected chi connectivity index (χ0v) is 11.5. The number of para-hydroxylation sites is 1. The fraction of sp³-hybridized carbons (Fsp3) is 0.462. The zero-order chi connectivity index (χ0) is 13.4. The SMILES string of the molecule is COc1cccc2c1NC(=O)CC1CS(=O)CCN21. The molecule has 2 heterocycles. The molecule has 1 aromatic carbocycles. The van der Waals surface area contributed by atoms with E-state index >= 15 is 0 Å². The molecule has 2 aliphatic rings. The van der Waals surface area contributed by atoms with Crippen LogP contribution in [0.15, 0.2) is 18.2 Å². The highest BCUT2D eigenvalue weighted by molar-refractivity contribution is 7.85. The van der Waals surface area contributed by atoms with Crippen LogP contribution in [0.4, 0.5) is 11.4 Å². The Morgan fingerprint density at radius 1 is 1.47 bits per heavy atom. The molecule has 0 radical (unpaired) electrons. The van der Waals surface area contributed by atoms with E-state index in [1.807, 2.05) is 18.2 Å². The second-order valence-electron chi connectivity index (χ2n) is 4.76. The van der Waals surface area contributed by atoms with Gasteiger partial charge >= 0.3 is 0 Å². The molecule has 0 spiro atoms. The maximum absolute atomic E-state index is 12.0. The molecule has 1 N–H and O–H groups in total. The lowest BCUT2D eigenvalue weighted by Gasteiger charge is -2.35. The van der Waals surface area contributed by atoms with Crippen molar-refractivity contribution in [3.63, 3.8) is 0 Å². The predicted octanol–water partition coefficient (Wildman–Crippen LogP) is 0.975. The molecule has 3 rings (SSSR count). The third-order valence-electron chi connectivity index (χ3n) is 3.60. The van der Waals surface area contributed by atoms with Crippen molar-refractivity contribution >= 4 is 28.1 Å². The molecule has 2 atom stereocenters. The number of ether oxygens (including phenoxy) is 1. The number of rotatable bonds is 1. The summed E-state index contributed by atoms with van der Waals surface area (Å²) in [7, 11) is 0.775. The minimum atomic E-state index is -0.818. The maximum atomic E-state index is 12.0. The molecule has 2 unspecified atom stereocenters. The molecule has 1 fully saturated rings. The summed E-state index contributed by atoms with van der Waals surface area (Å²) >= 11 is 0. The van der Waals surface area contributed by atoms with E-state index in [-0.39, 0.29) is 11.9 Å². The van der Waals surface area contributed by atoms with Crippen molar-refractivity contribution in [2.45, 2.75) is 12.5 Å². The minimum Gasteiger partial charge on any atom is -0.494 e. The number of fused-ring (bicyclic) bond motifs is 3. The van der Waals surface area contributed by atoms with Gasteiger partial charge in [-0.3, -0.25) is 9.00 Å². The number of carbonyl (C=O) groups excluding carboxylic acids is 1. The van der Waals surface area contributed by atoms with E-state index < -0.39 is 10.8 Å². The Bertz CT molecular complexity index is 547. The number of nitrogens with zero attached hydrogens (tertiary/aromatic N) is 1. The molecule has 2 aliphatic heterocycles. The van der Waals surface area contributed by atoms with Gasteiger partial charge in [-0.05, 0) is 12.1 Å². The molecule has 19 heavy (non-hydrogen) atoms. The van der Waals surface area contributed by atoms with Crippen LogP contribution >= 0.6 is 0 Å². The van der Waals surface area contributed by atoms with Crippen molar-refractivity contribution < 1.29 is 13.7 Å². The van der Waals surface area contributed by atoms with Crippen molar-refractivity contribution in [3.05, 3.63) is 18.2 Å². The smallest absolute Gasteiger partial charge is 0.226 e. The summed E-state index contributed by atoms with van der Waals surface area (Å²) in [4.78, 5) is 14.2. The molecule has 1 saturated heterocycles. The number of anilines is 2. The normalized spacial score (nSPS) is 25.9. The fourth-order valence-corrected chi connectivity index (χ4v) is 4.01. The molecule has 1 amide bonds. The molecule has 0 aliphatic carbocycles. The molecule has 102 valence electrons. The van der Waals surface area contributed by atoms with Crippen molar-refractivity contribution in [3.8, 4) is 5.75 Å². The largest absolute Gasteiger partial charge is 0.494 e. The van der Waals surface area contributed by atoms with Gasteiger partial charge in [0.05, 0.1) is 12.8 Å². The third kappa shape index (κ3) is 2.20. The predicted molar refractivity (Wildman–Crippen MR) is 75.3 cm³/mol. The number of hydrogen-bond donors (Lipinski definition) is 1. The van der Waals surface area contributed by atoms with E-state index in [1.165, 1.54) is 0 Å². The molecule has 0 aromatic heterocycles. The van der Waals surface area contributed by atoms with Crippen molar-refractivity contribution in [2.24, 2.45) is 0 Å². The number of carbonyl (C=O) groups is 1. The molecule has 5 nitrogen and oxygen atoms in total. The van der Waals surface area contributed by atoms with Crippen molar-refractivity contribution in [1.82, 2.24) is 0 Å². The highest BCUT2D eigenvalue weighted by atomic mass is 32.2. The lowest BCUT2D eigenvalue weighted by molar-refractivity contribution is -0.116. The van der Waals surface area contributed by atoms with Gasteiger partial charge in [-0.1, -0.05) is 6.07 Å². The van der Waals surface area contributed by atoms with Crippen LogP contribution in [0.3, 0.4) is 0 Å². The molecular weight excluding hydrogens is 264 g/mol. The number of nitrogens with one attached hydrogen (secondary N) is 1. The van der Waals surface area contributed by atoms with Crippen molar-refractivity contribution in [2.75, 3.05) is 35.4 Å². The fourth-order valence-electron chi connectivity index (χ4n) is 2.72. The van der Waals surface area contributed by atoms with E-state index in [0.717, 1.165) is 11.4 Å². The van der Waals surface area contributed by atoms with Crippen molar-refractivity contribution in [1.29, 1.82) is 0 Å². The average molecular weight is 280 g/mol. The Labute approximate surface area is 114 Å². The van der Waals surface area contributed by atoms with Gasteiger partial charge in [0.15, 0.2) is 0 Å². The Balaban J connectivity index is 2.07. The van der Waals surface area contributed by atoms with Gasteiger partial charge in [-0.2, -0.15) is 0 Å². The Hall–Kier alpha value is -1.56. The van der Waals surface area contributed by atoms with E-state index in [4.69, 9.17) is 4.74 Å². The number of methoxy groups -OCH3 is 1. The van der Waals surface area contributed by atoms with Crippen LogP contribution in [0.5, 0.6) is 5.75 Å². The molecule has 1 aromatic rings. The summed E-state index contributed by atoms with van der Waals surface area (Å²) in [5.41, 5.74) is 1.69. The van der Waals surface area contributed by atoms with Crippen LogP contribution < -0.4 is 15.0 Å². The minimum absolute atomic E-state index is 0.0166. The van der Waals surface area contributed by atoms with Gasteiger partial charge in [0.25, 0.3) is 0 Å². The summed E-state index contributed by atoms with van der Waals surface area (Å²) < 4.78 is 17.0. The van der Waals surface area contributed by atoms with Crippen LogP contribution in [0.1, 0.15) is 6.42 Å². The van der Waals surface area contributed by atoms with Crippen LogP contribution in [0.25, 0.3) is 0 Å². The van der Waals surface area contributed by atoms with Crippen LogP contribution in [0, 0.1) is 0 Å². The Morgan fingerprint density at radius 3 is 3.11 bits per heavy atom. The van der Waals surface area contributed by atoms with Gasteiger partial charge in [-0.25, -0.2) is 0 Å². The van der Waals surface area contributed by atoms with Gasteiger partial charge in [0, 0.05) is 41.3 Å². The van der Waals surface area contributed by atoms with Gasteiger partial charge in [0.2, 0.25) is 5.91 Å². The average Bonchev–Trinajstić information content (AvgIpc) is 2.53. The lowest BCUT2D eigenvalue weighted by atomic mass is 10.1. The van der Waals surface area contributed by atoms with Gasteiger partial charge in [-0.15, -0.1) is 0 Å². The van der Waals surface area contributed by atoms with Gasteiger partial charge < -0.3 is 15.0 Å². The first-order valence-corrected chi connectivity index (χ1v) is 7.76. The first-order chi connectivity index (χ1) is 9.19. The Kier molecular flexibility index (Phi) is 3.18. The summed E-state index contributed by atoms with van der Waals surface area (Å²) in [6, 6.07) is 5.74. The lowest BCUT2D eigenvalue weighted by Crippen LogP contribution is -2.47. The number of benzene rings is 1. The second-order valence-corrected chi connectivity index (χ2v) is 6.39. The highest BCUT2D eigenvalue weighted by Crippen LogP contribution is 2.39. The van der Waals surface area contributed by atoms with E-state index in [0.29, 0.717) is 30.2 Å². The van der Waals surface area contributed by atoms with E-state index in [2.05, 4.69) is 10.2 Å². The standard InChI is InChI=1S/C13H16N2O3S/c1-18-11-4-2-3-10-13(11)14-12(16)7-9-8-19(17)6-5-15(9)10/h2-4,9H,5-8H2,1H3,(H,14,16). The summed E-state index contributed by atoms with van der Waals surface area (Å²) in [6.45, 7) is 0.715. The molecule has 6 heteroatoms. The highest BCUT2D eigenvalue weighted by Gasteiger charge is 2.33. The monoisotopic (exact) mass is 280 g/mol. The van der Waals surface area contributed by atoms with E-state index in [1.54, 1.807) is 7.11 Å². The topological polar surface area (TPSA) is 58.6 Å². The molecular formula is C13H16N2O3S. The quantitative estimate of drug-likeness (QED) is 0.833. The van der Waals surface area contributed by atoms with E-state index in [9.17, 15) is 9.00 Å². The summed E-state index contributed by atoms with van der Waals surface area (Å²) in [5.74, 6) is 1.83. The Morgan fingerprint density at radius 2 is 2.32 bits per heavy atom. The first kappa shape index (κ1) is 12.5. The molecule has 0 saturated carbocycles. The van der Waals surface area contributed by atoms with Gasteiger partial charge in [0.1, 0.15) is 11.4 Å². The summed E-state index contributed by atoms with van der Waals surface area (Å²) in [6.07, 6.45) is 0.379. The van der Waals surface area contributed by atoms with Crippen LogP contribution in [0.2, 0.25) is 0 Å². The van der Waals surface area contributed by atoms with Crippen LogP contribution in [-0.2, 0) is 15.6 Å². The number of amides is 1.